The number of rotatable bonds is 2. The fourth-order valence-electron chi connectivity index (χ4n) is 2.57. The molecule has 0 aromatic carbocycles. The lowest BCUT2D eigenvalue weighted by molar-refractivity contribution is -0.138. The number of ether oxygens (including phenoxy) is 1. The molecule has 0 saturated heterocycles. The molecule has 2 aliphatic rings. The van der Waals surface area contributed by atoms with E-state index in [1.165, 1.54) is 12.8 Å². The molecule has 2 saturated carbocycles. The highest BCUT2D eigenvalue weighted by Gasteiger charge is 2.39. The Morgan fingerprint density at radius 2 is 2.07 bits per heavy atom. The molecular formula is C12H15NO2. The zero-order chi connectivity index (χ0) is 10.8. The van der Waals surface area contributed by atoms with Crippen LogP contribution in [0.4, 0.5) is 0 Å². The standard InChI is InChI=1S/C12H15NO2/c1-2-15-12(14)11(7-13)10-5-8-3-4-9(8)6-10/h8-9H,2-6H2,1H3/t8-,9+. The Balaban J connectivity index is 2.14. The quantitative estimate of drug-likeness (QED) is 0.394. The third-order valence-corrected chi connectivity index (χ3v) is 3.54. The van der Waals surface area contributed by atoms with Crippen molar-refractivity contribution in [2.75, 3.05) is 6.61 Å². The summed E-state index contributed by atoms with van der Waals surface area (Å²) in [5.74, 6) is 1.03. The first-order valence-corrected chi connectivity index (χ1v) is 5.55. The van der Waals surface area contributed by atoms with Gasteiger partial charge in [-0.2, -0.15) is 5.26 Å². The number of nitriles is 1. The van der Waals surface area contributed by atoms with Gasteiger partial charge in [-0.05, 0) is 50.0 Å². The normalized spacial score (nSPS) is 31.2. The third kappa shape index (κ3) is 1.77. The smallest absolute Gasteiger partial charge is 0.348 e. The minimum absolute atomic E-state index is 0.270. The second-order valence-electron chi connectivity index (χ2n) is 4.32. The van der Waals surface area contributed by atoms with Gasteiger partial charge in [0.25, 0.3) is 0 Å². The maximum Gasteiger partial charge on any atom is 0.348 e. The summed E-state index contributed by atoms with van der Waals surface area (Å²) in [5.41, 5.74) is 1.30. The topological polar surface area (TPSA) is 50.1 Å². The summed E-state index contributed by atoms with van der Waals surface area (Å²) < 4.78 is 4.88. The van der Waals surface area contributed by atoms with Crippen LogP contribution in [0.1, 0.15) is 32.6 Å². The van der Waals surface area contributed by atoms with Gasteiger partial charge < -0.3 is 4.74 Å². The molecule has 80 valence electrons. The molecule has 2 aliphatic carbocycles. The molecule has 2 rings (SSSR count). The van der Waals surface area contributed by atoms with Gasteiger partial charge in [-0.25, -0.2) is 4.79 Å². The largest absolute Gasteiger partial charge is 0.462 e. The average molecular weight is 205 g/mol. The van der Waals surface area contributed by atoms with Crippen LogP contribution in [0.3, 0.4) is 0 Å². The SMILES string of the molecule is CCOC(=O)C(C#N)=C1C[C@H]2CC[C@H]2C1. The molecule has 3 nitrogen and oxygen atoms in total. The van der Waals surface area contributed by atoms with Crippen molar-refractivity contribution in [2.24, 2.45) is 11.8 Å². The monoisotopic (exact) mass is 205 g/mol. The van der Waals surface area contributed by atoms with Crippen LogP contribution in [0.2, 0.25) is 0 Å². The first-order valence-electron chi connectivity index (χ1n) is 5.55. The predicted octanol–water partition coefficient (Wildman–Crippen LogP) is 2.19. The Kier molecular flexibility index (Phi) is 2.77. The van der Waals surface area contributed by atoms with E-state index in [1.807, 2.05) is 6.07 Å². The van der Waals surface area contributed by atoms with Crippen molar-refractivity contribution >= 4 is 5.97 Å². The molecule has 0 bridgehead atoms. The molecule has 0 radical (unpaired) electrons. The summed E-state index contributed by atoms with van der Waals surface area (Å²) in [5, 5.41) is 8.97. The summed E-state index contributed by atoms with van der Waals surface area (Å²) in [6.45, 7) is 2.10. The molecule has 0 unspecified atom stereocenters. The van der Waals surface area contributed by atoms with Crippen molar-refractivity contribution in [3.8, 4) is 6.07 Å². The second kappa shape index (κ2) is 4.06. The Labute approximate surface area is 89.7 Å². The van der Waals surface area contributed by atoms with Crippen LogP contribution in [-0.2, 0) is 9.53 Å². The van der Waals surface area contributed by atoms with Crippen molar-refractivity contribution in [3.63, 3.8) is 0 Å². The zero-order valence-electron chi connectivity index (χ0n) is 8.95. The van der Waals surface area contributed by atoms with Gasteiger partial charge in [0.05, 0.1) is 6.61 Å². The van der Waals surface area contributed by atoms with Gasteiger partial charge in [-0.15, -0.1) is 0 Å². The molecule has 0 N–H and O–H groups in total. The van der Waals surface area contributed by atoms with Crippen LogP contribution < -0.4 is 0 Å². The van der Waals surface area contributed by atoms with Crippen LogP contribution in [0.25, 0.3) is 0 Å². The molecule has 0 amide bonds. The summed E-state index contributed by atoms with van der Waals surface area (Å²) >= 11 is 0. The first-order chi connectivity index (χ1) is 7.26. The van der Waals surface area contributed by atoms with Gasteiger partial charge in [-0.3, -0.25) is 0 Å². The van der Waals surface area contributed by atoms with Crippen LogP contribution >= 0.6 is 0 Å². The van der Waals surface area contributed by atoms with Crippen molar-refractivity contribution in [3.05, 3.63) is 11.1 Å². The fraction of sp³-hybridized carbons (Fsp3) is 0.667. The van der Waals surface area contributed by atoms with E-state index in [2.05, 4.69) is 0 Å². The molecule has 0 aromatic heterocycles. The van der Waals surface area contributed by atoms with Gasteiger partial charge >= 0.3 is 5.97 Å². The second-order valence-corrected chi connectivity index (χ2v) is 4.32. The maximum atomic E-state index is 11.5. The molecule has 0 aliphatic heterocycles. The Hall–Kier alpha value is -1.30. The summed E-state index contributed by atoms with van der Waals surface area (Å²) in [6, 6.07) is 2.00. The Morgan fingerprint density at radius 1 is 1.47 bits per heavy atom. The number of fused-ring (bicyclic) bond motifs is 1. The highest BCUT2D eigenvalue weighted by molar-refractivity contribution is 5.93. The number of hydrogen-bond acceptors (Lipinski definition) is 3. The fourth-order valence-corrected chi connectivity index (χ4v) is 2.57. The highest BCUT2D eigenvalue weighted by atomic mass is 16.5. The van der Waals surface area contributed by atoms with E-state index in [0.717, 1.165) is 30.3 Å². The number of allylic oxidation sites excluding steroid dienone is 1. The Morgan fingerprint density at radius 3 is 2.47 bits per heavy atom. The van der Waals surface area contributed by atoms with Crippen molar-refractivity contribution in [1.29, 1.82) is 5.26 Å². The van der Waals surface area contributed by atoms with Gasteiger partial charge in [0.1, 0.15) is 11.6 Å². The van der Waals surface area contributed by atoms with Crippen LogP contribution in [-0.4, -0.2) is 12.6 Å². The zero-order valence-corrected chi connectivity index (χ0v) is 8.95. The van der Waals surface area contributed by atoms with Crippen LogP contribution in [0, 0.1) is 23.2 Å². The molecule has 0 aromatic rings. The van der Waals surface area contributed by atoms with E-state index in [0.29, 0.717) is 6.61 Å². The number of carbonyl (C=O) groups is 1. The van der Waals surface area contributed by atoms with E-state index < -0.39 is 5.97 Å². The molecule has 2 fully saturated rings. The lowest BCUT2D eigenvalue weighted by Crippen LogP contribution is -2.18. The Bertz CT molecular complexity index is 337. The number of carbonyl (C=O) groups excluding carboxylic acids is 1. The summed E-state index contributed by atoms with van der Waals surface area (Å²) in [6.07, 6.45) is 4.39. The molecule has 0 heterocycles. The van der Waals surface area contributed by atoms with Crippen LogP contribution in [0.15, 0.2) is 11.1 Å². The van der Waals surface area contributed by atoms with Crippen LogP contribution in [0.5, 0.6) is 0 Å². The summed E-state index contributed by atoms with van der Waals surface area (Å²) in [4.78, 5) is 11.5. The van der Waals surface area contributed by atoms with Gasteiger partial charge in [0.15, 0.2) is 0 Å². The highest BCUT2D eigenvalue weighted by Crippen LogP contribution is 2.50. The van der Waals surface area contributed by atoms with E-state index in [4.69, 9.17) is 10.00 Å². The lowest BCUT2D eigenvalue weighted by atomic mass is 9.77. The maximum absolute atomic E-state index is 11.5. The van der Waals surface area contributed by atoms with Gasteiger partial charge in [0.2, 0.25) is 0 Å². The first kappa shape index (κ1) is 10.2. The molecule has 0 spiro atoms. The van der Waals surface area contributed by atoms with Gasteiger partial charge in [-0.1, -0.05) is 0 Å². The summed E-state index contributed by atoms with van der Waals surface area (Å²) in [7, 11) is 0. The number of nitrogens with zero attached hydrogens (tertiary/aromatic N) is 1. The number of hydrogen-bond donors (Lipinski definition) is 0. The van der Waals surface area contributed by atoms with Crippen molar-refractivity contribution < 1.29 is 9.53 Å². The van der Waals surface area contributed by atoms with E-state index >= 15 is 0 Å². The minimum Gasteiger partial charge on any atom is -0.462 e. The molecular weight excluding hydrogens is 190 g/mol. The molecule has 2 atom stereocenters. The predicted molar refractivity (Wildman–Crippen MR) is 54.7 cm³/mol. The third-order valence-electron chi connectivity index (χ3n) is 3.54. The van der Waals surface area contributed by atoms with Crippen molar-refractivity contribution in [2.45, 2.75) is 32.6 Å². The number of esters is 1. The molecule has 15 heavy (non-hydrogen) atoms. The van der Waals surface area contributed by atoms with Crippen molar-refractivity contribution in [1.82, 2.24) is 0 Å². The molecule has 3 heteroatoms. The minimum atomic E-state index is -0.434. The van der Waals surface area contributed by atoms with E-state index in [-0.39, 0.29) is 5.57 Å². The lowest BCUT2D eigenvalue weighted by Gasteiger charge is -2.28. The van der Waals surface area contributed by atoms with Gasteiger partial charge in [0, 0.05) is 0 Å². The van der Waals surface area contributed by atoms with E-state index in [9.17, 15) is 4.79 Å². The average Bonchev–Trinajstić information content (AvgIpc) is 2.46. The van der Waals surface area contributed by atoms with E-state index in [1.54, 1.807) is 6.92 Å².